The largest absolute Gasteiger partial charge is 0.472 e. The molecule has 0 fully saturated rings. The molecule has 3 N–H and O–H groups in total. The van der Waals surface area contributed by atoms with Gasteiger partial charge in [0.15, 0.2) is 0 Å². The summed E-state index contributed by atoms with van der Waals surface area (Å²) >= 11 is 0. The van der Waals surface area contributed by atoms with E-state index in [-0.39, 0.29) is 13.0 Å². The first-order valence-electron chi connectivity index (χ1n) is 23.5. The van der Waals surface area contributed by atoms with E-state index < -0.39 is 45.8 Å². The number of carbonyl (C=O) groups excluding carboxylic acids is 1. The average molecular weight is 885 g/mol. The number of hydrogen-bond donors (Lipinski definition) is 3. The number of ether oxygens (including phenoxy) is 2. The van der Waals surface area contributed by atoms with Crippen LogP contribution >= 0.6 is 7.82 Å². The van der Waals surface area contributed by atoms with Crippen molar-refractivity contribution in [2.75, 3.05) is 33.0 Å². The highest BCUT2D eigenvalue weighted by molar-refractivity contribution is 7.47. The first-order chi connectivity index (χ1) is 30.3. The summed E-state index contributed by atoms with van der Waals surface area (Å²) in [4.78, 5) is 22.7. The highest BCUT2D eigenvalue weighted by Crippen LogP contribution is 2.43. The molecule has 0 aliphatic heterocycles. The van der Waals surface area contributed by atoms with E-state index >= 15 is 0 Å². The third-order valence-corrected chi connectivity index (χ3v) is 10.1. The number of phosphoric ester groups is 1. The quantitative estimate of drug-likeness (QED) is 0.0237. The zero-order valence-corrected chi connectivity index (χ0v) is 39.4. The van der Waals surface area contributed by atoms with Crippen molar-refractivity contribution in [3.8, 4) is 0 Å². The number of allylic oxidation sites excluding steroid dienone is 20. The Morgan fingerprint density at radius 2 is 0.871 bits per heavy atom. The second-order valence-corrected chi connectivity index (χ2v) is 16.5. The molecule has 62 heavy (non-hydrogen) atoms. The second-order valence-electron chi connectivity index (χ2n) is 15.0. The molecule has 0 aromatic heterocycles. The molecule has 3 unspecified atom stereocenters. The van der Waals surface area contributed by atoms with Gasteiger partial charge in [-0.1, -0.05) is 167 Å². The zero-order valence-electron chi connectivity index (χ0n) is 38.5. The van der Waals surface area contributed by atoms with Crippen LogP contribution in [-0.2, 0) is 27.9 Å². The van der Waals surface area contributed by atoms with E-state index in [0.717, 1.165) is 109 Å². The lowest BCUT2D eigenvalue weighted by Gasteiger charge is -2.20. The number of esters is 1. The molecule has 0 aromatic rings. The van der Waals surface area contributed by atoms with E-state index in [9.17, 15) is 19.4 Å². The molecular weight excluding hydrogens is 800 g/mol. The lowest BCUT2D eigenvalue weighted by atomic mass is 10.1. The molecule has 0 spiro atoms. The molecule has 352 valence electrons. The maximum atomic E-state index is 12.7. The van der Waals surface area contributed by atoms with Crippen molar-refractivity contribution < 1.29 is 43.0 Å². The molecular formula is C52H85O9P. The van der Waals surface area contributed by atoms with E-state index in [1.807, 2.05) is 0 Å². The van der Waals surface area contributed by atoms with Gasteiger partial charge in [0.1, 0.15) is 12.2 Å². The molecule has 0 bridgehead atoms. The maximum Gasteiger partial charge on any atom is 0.472 e. The average Bonchev–Trinajstić information content (AvgIpc) is 3.26. The van der Waals surface area contributed by atoms with Crippen LogP contribution < -0.4 is 0 Å². The second kappa shape index (κ2) is 47.3. The molecule has 0 aromatic carbocycles. The summed E-state index contributed by atoms with van der Waals surface area (Å²) < 4.78 is 33.4. The Morgan fingerprint density at radius 1 is 0.500 bits per heavy atom. The summed E-state index contributed by atoms with van der Waals surface area (Å²) in [5, 5.41) is 18.4. The molecule has 3 atom stereocenters. The first kappa shape index (κ1) is 58.9. The number of unbranched alkanes of at least 4 members (excludes halogenated alkanes) is 9. The minimum atomic E-state index is -4.55. The van der Waals surface area contributed by atoms with Crippen LogP contribution in [0.5, 0.6) is 0 Å². The van der Waals surface area contributed by atoms with Crippen LogP contribution in [-0.4, -0.2) is 66.3 Å². The van der Waals surface area contributed by atoms with Crippen LogP contribution in [0.2, 0.25) is 0 Å². The lowest BCUT2D eigenvalue weighted by Crippen LogP contribution is -2.29. The van der Waals surface area contributed by atoms with Gasteiger partial charge in [-0.15, -0.1) is 0 Å². The van der Waals surface area contributed by atoms with Gasteiger partial charge in [-0.2, -0.15) is 0 Å². The van der Waals surface area contributed by atoms with Gasteiger partial charge in [0.2, 0.25) is 0 Å². The molecule has 0 saturated carbocycles. The fourth-order valence-electron chi connectivity index (χ4n) is 5.64. The van der Waals surface area contributed by atoms with Gasteiger partial charge in [-0.25, -0.2) is 4.57 Å². The zero-order chi connectivity index (χ0) is 45.3. The number of rotatable bonds is 43. The Hall–Kier alpha value is -3.14. The predicted molar refractivity (Wildman–Crippen MR) is 260 cm³/mol. The van der Waals surface area contributed by atoms with Crippen LogP contribution in [0.1, 0.15) is 155 Å². The molecule has 0 radical (unpaired) electrons. The highest BCUT2D eigenvalue weighted by Gasteiger charge is 2.26. The van der Waals surface area contributed by atoms with Crippen LogP contribution in [0.15, 0.2) is 122 Å². The SMILES string of the molecule is CC/C=C\C/C=C\C/C=C\C/C=C\C/C=C\CCCCCCCCCC(=O)OC(COCCCC/C=C\C/C=C\C/C=C\C/C=C\C/C=C\CC)COP(=O)(O)OCC(O)CO. The van der Waals surface area contributed by atoms with Crippen LogP contribution in [0.4, 0.5) is 0 Å². The first-order valence-corrected chi connectivity index (χ1v) is 25.0. The molecule has 0 aliphatic carbocycles. The standard InChI is InChI=1S/C52H85O9P/c1-3-5-7-9-11-13-15-17-19-21-23-24-25-26-27-28-30-32-34-36-38-40-42-44-52(55)61-51(49-60-62(56,57)59-47-50(54)46-53)48-58-45-43-41-39-37-35-33-31-29-22-20-18-16-14-12-10-8-6-4-2/h5-8,11-14,17-20,23-24,26-27,29,31,35,37,50-51,53-54H,3-4,9-10,15-16,21-22,25,28,30,32-34,36,38-49H2,1-2H3,(H,56,57)/b7-5-,8-6-,13-11-,14-12-,19-17-,20-18-,24-23-,27-26-,31-29-,37-35-. The van der Waals surface area contributed by atoms with Gasteiger partial charge in [-0.3, -0.25) is 13.8 Å². The van der Waals surface area contributed by atoms with Gasteiger partial charge in [0.05, 0.1) is 26.4 Å². The summed E-state index contributed by atoms with van der Waals surface area (Å²) in [5.74, 6) is -0.415. The number of phosphoric acid groups is 1. The Labute approximate surface area is 377 Å². The number of carbonyl (C=O) groups is 1. The smallest absolute Gasteiger partial charge is 0.457 e. The van der Waals surface area contributed by atoms with E-state index in [1.54, 1.807) is 0 Å². The van der Waals surface area contributed by atoms with Crippen molar-refractivity contribution in [2.24, 2.45) is 0 Å². The van der Waals surface area contributed by atoms with E-state index in [0.29, 0.717) is 13.0 Å². The Balaban J connectivity index is 4.26. The molecule has 0 heterocycles. The minimum absolute atomic E-state index is 0.00625. The highest BCUT2D eigenvalue weighted by atomic mass is 31.2. The lowest BCUT2D eigenvalue weighted by molar-refractivity contribution is -0.154. The Morgan fingerprint density at radius 3 is 1.31 bits per heavy atom. The molecule has 0 amide bonds. The van der Waals surface area contributed by atoms with Crippen molar-refractivity contribution in [1.29, 1.82) is 0 Å². The summed E-state index contributed by atoms with van der Waals surface area (Å²) in [6, 6.07) is 0. The third-order valence-electron chi connectivity index (χ3n) is 9.14. The number of aliphatic hydroxyl groups excluding tert-OH is 2. The van der Waals surface area contributed by atoms with Gasteiger partial charge in [-0.05, 0) is 103 Å². The van der Waals surface area contributed by atoms with Gasteiger partial charge in [0, 0.05) is 13.0 Å². The number of hydrogen-bond acceptors (Lipinski definition) is 8. The summed E-state index contributed by atoms with van der Waals surface area (Å²) in [5.41, 5.74) is 0. The topological polar surface area (TPSA) is 132 Å². The molecule has 10 heteroatoms. The normalized spacial score (nSPS) is 15.0. The summed E-state index contributed by atoms with van der Waals surface area (Å²) in [6.07, 6.45) is 63.0. The summed E-state index contributed by atoms with van der Waals surface area (Å²) in [7, 11) is -4.55. The Kier molecular flexibility index (Phi) is 44.9. The van der Waals surface area contributed by atoms with Crippen molar-refractivity contribution in [3.63, 3.8) is 0 Å². The maximum absolute atomic E-state index is 12.7. The third kappa shape index (κ3) is 46.4. The van der Waals surface area contributed by atoms with Crippen molar-refractivity contribution in [3.05, 3.63) is 122 Å². The van der Waals surface area contributed by atoms with E-state index in [1.165, 1.54) is 19.3 Å². The van der Waals surface area contributed by atoms with Crippen LogP contribution in [0, 0.1) is 0 Å². The molecule has 0 rings (SSSR count). The fraction of sp³-hybridized carbons (Fsp3) is 0.596. The van der Waals surface area contributed by atoms with Crippen LogP contribution in [0.25, 0.3) is 0 Å². The van der Waals surface area contributed by atoms with Crippen molar-refractivity contribution in [2.45, 2.75) is 167 Å². The monoisotopic (exact) mass is 885 g/mol. The fourth-order valence-corrected chi connectivity index (χ4v) is 6.43. The molecule has 0 aliphatic rings. The van der Waals surface area contributed by atoms with Gasteiger partial charge < -0.3 is 24.6 Å². The van der Waals surface area contributed by atoms with Crippen molar-refractivity contribution >= 4 is 13.8 Å². The minimum Gasteiger partial charge on any atom is -0.457 e. The van der Waals surface area contributed by atoms with Gasteiger partial charge in [0.25, 0.3) is 0 Å². The van der Waals surface area contributed by atoms with Crippen LogP contribution in [0.3, 0.4) is 0 Å². The van der Waals surface area contributed by atoms with Crippen molar-refractivity contribution in [1.82, 2.24) is 0 Å². The molecule has 9 nitrogen and oxygen atoms in total. The summed E-state index contributed by atoms with van der Waals surface area (Å²) in [6.45, 7) is 3.13. The number of aliphatic hydroxyl groups is 2. The van der Waals surface area contributed by atoms with E-state index in [4.69, 9.17) is 23.6 Å². The molecule has 0 saturated heterocycles. The predicted octanol–water partition coefficient (Wildman–Crippen LogP) is 13.6. The Bertz CT molecular complexity index is 1370. The van der Waals surface area contributed by atoms with Gasteiger partial charge >= 0.3 is 13.8 Å². The van der Waals surface area contributed by atoms with E-state index in [2.05, 4.69) is 135 Å².